The lowest BCUT2D eigenvalue weighted by Crippen LogP contribution is -2.56. The fourth-order valence-corrected chi connectivity index (χ4v) is 8.44. The minimum Gasteiger partial charge on any atom is -0.463 e. The van der Waals surface area contributed by atoms with Crippen LogP contribution in [0.2, 0.25) is 5.02 Å². The Hall–Kier alpha value is -8.24. The van der Waals surface area contributed by atoms with Gasteiger partial charge in [-0.3, -0.25) is 28.8 Å². The summed E-state index contributed by atoms with van der Waals surface area (Å²) >= 11 is 6.11. The van der Waals surface area contributed by atoms with Gasteiger partial charge in [0.05, 0.1) is 0 Å². The monoisotopic (exact) mass is 1170 g/mol. The summed E-state index contributed by atoms with van der Waals surface area (Å²) in [6, 6.07) is 16.5. The second-order valence-corrected chi connectivity index (χ2v) is 23.2. The fraction of sp³-hybridized carbons (Fsp3) is 0.450. The zero-order chi connectivity index (χ0) is 61.6. The molecule has 4 aromatic carbocycles. The van der Waals surface area contributed by atoms with E-state index in [0.717, 1.165) is 23.0 Å². The predicted molar refractivity (Wildman–Crippen MR) is 306 cm³/mol. The quantitative estimate of drug-likeness (QED) is 0.0254. The van der Waals surface area contributed by atoms with Crippen LogP contribution in [0.15, 0.2) is 84.9 Å². The number of carbonyl (C=O) groups is 9. The van der Waals surface area contributed by atoms with E-state index in [1.807, 2.05) is 12.1 Å². The van der Waals surface area contributed by atoms with Crippen LogP contribution in [-0.4, -0.2) is 132 Å². The number of unbranched alkanes of at least 4 members (excludes halogenated alkanes) is 1. The topological polar surface area (TPSA) is 293 Å². The third kappa shape index (κ3) is 20.9. The van der Waals surface area contributed by atoms with Gasteiger partial charge >= 0.3 is 24.4 Å². The smallest absolute Gasteiger partial charge is 0.463 e. The first-order valence-corrected chi connectivity index (χ1v) is 27.3. The molecule has 0 aromatic heterocycles. The lowest BCUT2D eigenvalue weighted by Gasteiger charge is -2.33. The number of nitrogens with one attached hydrogen (secondary N) is 5. The zero-order valence-corrected chi connectivity index (χ0v) is 49.6. The van der Waals surface area contributed by atoms with Gasteiger partial charge < -0.3 is 65.0 Å². The summed E-state index contributed by atoms with van der Waals surface area (Å²) in [6.07, 6.45) is -3.91. The molecule has 0 radical (unpaired) electrons. The first-order chi connectivity index (χ1) is 38.7. The Bertz CT molecular complexity index is 3000. The molecule has 4 aromatic rings. The van der Waals surface area contributed by atoms with Crippen molar-refractivity contribution in [2.24, 2.45) is 0 Å². The number of ether oxygens (including phenoxy) is 6. The molecule has 4 bridgehead atoms. The van der Waals surface area contributed by atoms with E-state index in [1.54, 1.807) is 98.7 Å². The first-order valence-electron chi connectivity index (χ1n) is 26.9. The highest BCUT2D eigenvalue weighted by Gasteiger charge is 2.37. The van der Waals surface area contributed by atoms with E-state index in [4.69, 9.17) is 40.0 Å². The molecule has 5 atom stereocenters. The molecule has 0 saturated heterocycles. The largest absolute Gasteiger partial charge is 0.514 e. The van der Waals surface area contributed by atoms with E-state index in [1.165, 1.54) is 50.4 Å². The molecular formula is C60H75ClN6O16. The van der Waals surface area contributed by atoms with Gasteiger partial charge in [-0.1, -0.05) is 48.0 Å². The van der Waals surface area contributed by atoms with Gasteiger partial charge in [0.15, 0.2) is 0 Å². The van der Waals surface area contributed by atoms with E-state index in [0.29, 0.717) is 17.0 Å². The van der Waals surface area contributed by atoms with Crippen LogP contribution < -0.4 is 36.1 Å². The number of benzene rings is 4. The number of amides is 6. The van der Waals surface area contributed by atoms with Crippen molar-refractivity contribution in [3.05, 3.63) is 107 Å². The van der Waals surface area contributed by atoms with Crippen molar-refractivity contribution in [3.63, 3.8) is 0 Å². The van der Waals surface area contributed by atoms with Crippen molar-refractivity contribution in [1.29, 1.82) is 0 Å². The summed E-state index contributed by atoms with van der Waals surface area (Å²) < 4.78 is 32.9. The van der Waals surface area contributed by atoms with Crippen molar-refractivity contribution in [1.82, 2.24) is 31.5 Å². The van der Waals surface area contributed by atoms with Crippen LogP contribution in [-0.2, 0) is 49.3 Å². The fourth-order valence-electron chi connectivity index (χ4n) is 8.31. The minimum absolute atomic E-state index is 0.000502. The van der Waals surface area contributed by atoms with Crippen LogP contribution in [0.5, 0.6) is 11.5 Å². The number of halogens is 1. The summed E-state index contributed by atoms with van der Waals surface area (Å²) in [6.45, 7) is 16.7. The molecule has 1 unspecified atom stereocenters. The van der Waals surface area contributed by atoms with Crippen molar-refractivity contribution in [3.8, 4) is 33.8 Å². The number of aliphatic hydroxyl groups is 1. The van der Waals surface area contributed by atoms with E-state index in [9.17, 15) is 38.7 Å². The Morgan fingerprint density at radius 3 is 1.83 bits per heavy atom. The maximum atomic E-state index is 15.3. The van der Waals surface area contributed by atoms with Crippen LogP contribution in [0.4, 0.5) is 14.4 Å². The number of rotatable bonds is 17. The highest BCUT2D eigenvalue weighted by Crippen LogP contribution is 2.41. The first kappa shape index (κ1) is 65.6. The molecular weight excluding hydrogens is 1100 g/mol. The maximum Gasteiger partial charge on any atom is 0.514 e. The molecule has 5 rings (SSSR count). The average molecular weight is 1170 g/mol. The maximum absolute atomic E-state index is 15.3. The van der Waals surface area contributed by atoms with Crippen molar-refractivity contribution in [2.45, 2.75) is 149 Å². The summed E-state index contributed by atoms with van der Waals surface area (Å²) in [5, 5.41) is 24.4. The number of hydrogen-bond acceptors (Lipinski definition) is 16. The number of hydrogen-bond donors (Lipinski definition) is 6. The van der Waals surface area contributed by atoms with E-state index < -0.39 is 114 Å². The second-order valence-electron chi connectivity index (χ2n) is 22.8. The number of carbonyl (C=O) groups excluding carboxylic acids is 9. The van der Waals surface area contributed by atoms with Crippen molar-refractivity contribution >= 4 is 65.5 Å². The summed E-state index contributed by atoms with van der Waals surface area (Å²) in [4.78, 5) is 125. The van der Waals surface area contributed by atoms with Gasteiger partial charge in [0, 0.05) is 55.2 Å². The van der Waals surface area contributed by atoms with Gasteiger partial charge in [-0.2, -0.15) is 0 Å². The van der Waals surface area contributed by atoms with Gasteiger partial charge in [0.25, 0.3) is 5.91 Å². The van der Waals surface area contributed by atoms with Gasteiger partial charge in [-0.05, 0) is 159 Å². The number of nitrogens with zero attached hydrogens (tertiary/aromatic N) is 1. The average Bonchev–Trinajstić information content (AvgIpc) is 2.71. The van der Waals surface area contributed by atoms with Gasteiger partial charge in [0.1, 0.15) is 65.2 Å². The summed E-state index contributed by atoms with van der Waals surface area (Å²) in [7, 11) is 1.32. The van der Waals surface area contributed by atoms with Crippen LogP contribution >= 0.6 is 11.6 Å². The number of aliphatic hydroxyl groups excluding tert-OH is 1. The lowest BCUT2D eigenvalue weighted by molar-refractivity contribution is -0.144. The Labute approximate surface area is 487 Å². The molecule has 23 heteroatoms. The normalized spacial score (nSPS) is 16.2. The van der Waals surface area contributed by atoms with Gasteiger partial charge in [-0.25, -0.2) is 14.4 Å². The zero-order valence-electron chi connectivity index (χ0n) is 48.8. The highest BCUT2D eigenvalue weighted by atomic mass is 35.5. The Morgan fingerprint density at radius 2 is 1.27 bits per heavy atom. The van der Waals surface area contributed by atoms with E-state index >= 15 is 9.59 Å². The van der Waals surface area contributed by atoms with Crippen LogP contribution in [0.25, 0.3) is 22.3 Å². The molecule has 0 saturated carbocycles. The lowest BCUT2D eigenvalue weighted by atomic mass is 9.93. The third-order valence-corrected chi connectivity index (χ3v) is 12.4. The molecule has 1 aliphatic heterocycles. The molecule has 1 aliphatic rings. The Kier molecular flexibility index (Phi) is 22.6. The second kappa shape index (κ2) is 28.6. The number of alkyl carbamates (subject to hydrolysis) is 1. The number of likely N-dealkylation sites (N-methyl/N-ethyl adjacent to an activating group) is 1. The molecule has 6 amide bonds. The van der Waals surface area contributed by atoms with Crippen LogP contribution in [0, 0.1) is 0 Å². The van der Waals surface area contributed by atoms with Gasteiger partial charge in [-0.15, -0.1) is 0 Å². The summed E-state index contributed by atoms with van der Waals surface area (Å²) in [5.74, 6) is -4.98. The number of fused-ring (bicyclic) bond motifs is 5. The van der Waals surface area contributed by atoms with Gasteiger partial charge in [0.2, 0.25) is 23.6 Å². The molecule has 22 nitrogen and oxygen atoms in total. The molecule has 1 heterocycles. The van der Waals surface area contributed by atoms with Crippen LogP contribution in [0.3, 0.4) is 0 Å². The Balaban J connectivity index is 1.65. The summed E-state index contributed by atoms with van der Waals surface area (Å²) in [5.41, 5.74) is -0.547. The SMILES string of the molecule is CC(=O)OCC(O)CNC(=O)[C@@H]1Cc2ccc(OC(=O)OC(C)(C)C)c(c2)-c2cc(ccc2OC(=O)OC(C)(C)C)[C@H](N(C)C(=O)[C@H](CCCCNC(=O)OC(C)(C)C)NC(=O)c2ccc(-c3ccc(Cl)cc3)cc2)C(=O)N[C@@H](C)C(=O)N1. The van der Waals surface area contributed by atoms with Crippen molar-refractivity contribution < 1.29 is 76.7 Å². The molecule has 0 fully saturated rings. The van der Waals surface area contributed by atoms with E-state index in [2.05, 4.69) is 26.6 Å². The molecule has 0 aliphatic carbocycles. The molecule has 83 heavy (non-hydrogen) atoms. The Morgan fingerprint density at radius 1 is 0.711 bits per heavy atom. The highest BCUT2D eigenvalue weighted by molar-refractivity contribution is 6.30. The van der Waals surface area contributed by atoms with Crippen molar-refractivity contribution in [2.75, 3.05) is 26.7 Å². The van der Waals surface area contributed by atoms with Crippen LogP contribution in [0.1, 0.15) is 123 Å². The number of esters is 1. The van der Waals surface area contributed by atoms with E-state index in [-0.39, 0.29) is 59.6 Å². The third-order valence-electron chi connectivity index (χ3n) is 12.1. The standard InChI is InChI=1S/C60H75ClN6O16/c1-34-50(70)66-46(52(72)63-32-42(69)33-78-35(2)68)30-36-16-26-47(79-56(76)82-59(6,7)8)43(29-36)44-31-40(23-27-48(44)80-57(77)83-60(9,10)11)49(53(73)64-34)67(12)54(74)45(15-13-14-28-62-55(75)81-58(3,4)5)65-51(71)39-19-17-37(18-20-39)38-21-24-41(61)25-22-38/h16-27,29,31,34,42,45-46,49,69H,13-15,28,30,32-33H2,1-12H3,(H,62,75)(H,63,72)(H,64,73)(H,65,71)(H,66,70)/t34-,42?,45-,46-,49-/m0/s1. The molecule has 448 valence electrons. The minimum atomic E-state index is -1.65. The predicted octanol–water partition coefficient (Wildman–Crippen LogP) is 7.88. The molecule has 0 spiro atoms. The molecule has 6 N–H and O–H groups in total.